The standard InChI is InChI=1S/C27H31FN4O2/c1-4-9-21(33)14-19-11-12-22(23(28)15-19)24-17-26-29-25(16-20(5-2)32(26)30-24)27(34)31-13-8-6-7-10-18(31)3/h4,11-12,15-18H,1,5-10,13-14H2,2-3H3. The van der Waals surface area contributed by atoms with E-state index in [1.807, 2.05) is 11.8 Å². The van der Waals surface area contributed by atoms with E-state index in [0.717, 1.165) is 37.9 Å². The van der Waals surface area contributed by atoms with Gasteiger partial charge in [0.15, 0.2) is 5.65 Å². The van der Waals surface area contributed by atoms with E-state index in [-0.39, 0.29) is 30.6 Å². The molecule has 0 saturated carbocycles. The van der Waals surface area contributed by atoms with Gasteiger partial charge in [0.2, 0.25) is 0 Å². The third-order valence-electron chi connectivity index (χ3n) is 6.48. The number of benzene rings is 1. The molecular weight excluding hydrogens is 431 g/mol. The van der Waals surface area contributed by atoms with Gasteiger partial charge in [0.05, 0.1) is 5.69 Å². The van der Waals surface area contributed by atoms with Crippen LogP contribution in [0.3, 0.4) is 0 Å². The predicted molar refractivity (Wildman–Crippen MR) is 130 cm³/mol. The van der Waals surface area contributed by atoms with Gasteiger partial charge in [-0.05, 0) is 49.9 Å². The Morgan fingerprint density at radius 1 is 1.21 bits per heavy atom. The maximum absolute atomic E-state index is 15.0. The number of rotatable bonds is 7. The number of hydrogen-bond donors (Lipinski definition) is 0. The zero-order valence-corrected chi connectivity index (χ0v) is 19.9. The Labute approximate surface area is 199 Å². The molecule has 0 N–H and O–H groups in total. The van der Waals surface area contributed by atoms with Crippen molar-refractivity contribution in [3.05, 3.63) is 65.8 Å². The lowest BCUT2D eigenvalue weighted by molar-refractivity contribution is -0.117. The Bertz CT molecular complexity index is 1230. The molecule has 1 aliphatic heterocycles. The lowest BCUT2D eigenvalue weighted by Gasteiger charge is -2.27. The van der Waals surface area contributed by atoms with Crippen molar-refractivity contribution in [2.75, 3.05) is 6.54 Å². The van der Waals surface area contributed by atoms with Crippen LogP contribution in [0, 0.1) is 5.82 Å². The second-order valence-electron chi connectivity index (χ2n) is 9.01. The number of fused-ring (bicyclic) bond motifs is 1. The number of likely N-dealkylation sites (tertiary alicyclic amines) is 1. The highest BCUT2D eigenvalue weighted by molar-refractivity contribution is 5.93. The van der Waals surface area contributed by atoms with Crippen LogP contribution >= 0.6 is 0 Å². The summed E-state index contributed by atoms with van der Waals surface area (Å²) in [5, 5.41) is 4.59. The predicted octanol–water partition coefficient (Wildman–Crippen LogP) is 5.19. The summed E-state index contributed by atoms with van der Waals surface area (Å²) in [6.45, 7) is 8.40. The Morgan fingerprint density at radius 2 is 2.03 bits per heavy atom. The van der Waals surface area contributed by atoms with Gasteiger partial charge in [0.25, 0.3) is 5.91 Å². The average molecular weight is 463 g/mol. The monoisotopic (exact) mass is 462 g/mol. The normalized spacial score (nSPS) is 16.4. The second kappa shape index (κ2) is 10.3. The molecule has 1 atom stereocenters. The van der Waals surface area contributed by atoms with Gasteiger partial charge in [-0.3, -0.25) is 9.59 Å². The van der Waals surface area contributed by atoms with Crippen molar-refractivity contribution in [3.8, 4) is 11.3 Å². The Hall–Kier alpha value is -3.35. The summed E-state index contributed by atoms with van der Waals surface area (Å²) >= 11 is 0. The van der Waals surface area contributed by atoms with Crippen molar-refractivity contribution in [2.45, 2.75) is 64.8 Å². The topological polar surface area (TPSA) is 67.6 Å². The van der Waals surface area contributed by atoms with Crippen LogP contribution in [-0.2, 0) is 17.6 Å². The number of aromatic nitrogens is 3. The number of carbonyl (C=O) groups excluding carboxylic acids is 2. The molecule has 178 valence electrons. The first-order valence-corrected chi connectivity index (χ1v) is 12.0. The van der Waals surface area contributed by atoms with Crippen molar-refractivity contribution < 1.29 is 14.0 Å². The SMILES string of the molecule is C=CCC(=O)Cc1ccc(-c2cc3nc(C(=O)N4CCCCCC4C)cc(CC)n3n2)c(F)c1. The number of carbonyl (C=O) groups is 2. The van der Waals surface area contributed by atoms with E-state index < -0.39 is 5.82 Å². The van der Waals surface area contributed by atoms with Crippen LogP contribution in [-0.4, -0.2) is 43.8 Å². The largest absolute Gasteiger partial charge is 0.335 e. The molecule has 1 unspecified atom stereocenters. The number of Topliss-reactive ketones (excluding diaryl/α,β-unsaturated/α-hetero) is 1. The lowest BCUT2D eigenvalue weighted by atomic mass is 10.0. The van der Waals surface area contributed by atoms with Gasteiger partial charge in [-0.15, -0.1) is 6.58 Å². The van der Waals surface area contributed by atoms with Gasteiger partial charge in [0.1, 0.15) is 17.3 Å². The molecule has 1 saturated heterocycles. The summed E-state index contributed by atoms with van der Waals surface area (Å²) in [5.41, 5.74) is 3.15. The fraction of sp³-hybridized carbons (Fsp3) is 0.407. The van der Waals surface area contributed by atoms with Gasteiger partial charge >= 0.3 is 0 Å². The third kappa shape index (κ3) is 4.93. The van der Waals surface area contributed by atoms with E-state index in [1.54, 1.807) is 34.9 Å². The second-order valence-corrected chi connectivity index (χ2v) is 9.01. The average Bonchev–Trinajstić information content (AvgIpc) is 3.12. The van der Waals surface area contributed by atoms with E-state index in [2.05, 4.69) is 23.6 Å². The van der Waals surface area contributed by atoms with Gasteiger partial charge in [0, 0.05) is 42.8 Å². The molecule has 1 aliphatic rings. The van der Waals surface area contributed by atoms with Gasteiger partial charge < -0.3 is 4.90 Å². The molecule has 1 fully saturated rings. The van der Waals surface area contributed by atoms with Crippen LogP contribution in [0.4, 0.5) is 4.39 Å². The molecule has 1 aromatic carbocycles. The number of allylic oxidation sites excluding steroid dienone is 1. The number of hydrogen-bond acceptors (Lipinski definition) is 4. The van der Waals surface area contributed by atoms with Crippen molar-refractivity contribution in [3.63, 3.8) is 0 Å². The highest BCUT2D eigenvalue weighted by Gasteiger charge is 2.25. The maximum Gasteiger partial charge on any atom is 0.272 e. The van der Waals surface area contributed by atoms with E-state index in [9.17, 15) is 14.0 Å². The minimum atomic E-state index is -0.444. The van der Waals surface area contributed by atoms with Gasteiger partial charge in [-0.25, -0.2) is 13.9 Å². The molecule has 0 bridgehead atoms. The van der Waals surface area contributed by atoms with Crippen molar-refractivity contribution in [2.24, 2.45) is 0 Å². The molecule has 2 aromatic heterocycles. The minimum Gasteiger partial charge on any atom is -0.335 e. The van der Waals surface area contributed by atoms with E-state index >= 15 is 0 Å². The molecule has 6 nitrogen and oxygen atoms in total. The summed E-state index contributed by atoms with van der Waals surface area (Å²) in [5.74, 6) is -0.517. The van der Waals surface area contributed by atoms with E-state index in [0.29, 0.717) is 34.6 Å². The van der Waals surface area contributed by atoms with Gasteiger partial charge in [-0.2, -0.15) is 5.10 Å². The fourth-order valence-corrected chi connectivity index (χ4v) is 4.59. The summed E-state index contributed by atoms with van der Waals surface area (Å²) in [6, 6.07) is 8.46. The first-order valence-electron chi connectivity index (χ1n) is 12.0. The molecule has 1 amide bonds. The van der Waals surface area contributed by atoms with Crippen molar-refractivity contribution >= 4 is 17.3 Å². The molecule has 0 radical (unpaired) electrons. The molecule has 0 spiro atoms. The highest BCUT2D eigenvalue weighted by atomic mass is 19.1. The first kappa shape index (κ1) is 23.8. The van der Waals surface area contributed by atoms with Crippen LogP contribution in [0.5, 0.6) is 0 Å². The number of amides is 1. The smallest absolute Gasteiger partial charge is 0.272 e. The summed E-state index contributed by atoms with van der Waals surface area (Å²) in [4.78, 5) is 31.7. The zero-order valence-electron chi connectivity index (χ0n) is 19.9. The maximum atomic E-state index is 15.0. The van der Waals surface area contributed by atoms with Gasteiger partial charge in [-0.1, -0.05) is 31.9 Å². The van der Waals surface area contributed by atoms with Crippen LogP contribution in [0.2, 0.25) is 0 Å². The molecule has 34 heavy (non-hydrogen) atoms. The Kier molecular flexibility index (Phi) is 7.20. The van der Waals surface area contributed by atoms with Crippen LogP contribution in [0.25, 0.3) is 16.9 Å². The Balaban J connectivity index is 1.67. The highest BCUT2D eigenvalue weighted by Crippen LogP contribution is 2.26. The number of halogens is 1. The molecule has 4 rings (SSSR count). The molecule has 3 aromatic rings. The van der Waals surface area contributed by atoms with E-state index in [1.165, 1.54) is 6.07 Å². The summed E-state index contributed by atoms with van der Waals surface area (Å²) < 4.78 is 16.6. The number of ketones is 1. The molecular formula is C27H31FN4O2. The summed E-state index contributed by atoms with van der Waals surface area (Å²) in [6.07, 6.45) is 6.91. The lowest BCUT2D eigenvalue weighted by Crippen LogP contribution is -2.38. The number of aryl methyl sites for hydroxylation is 1. The third-order valence-corrected chi connectivity index (χ3v) is 6.48. The van der Waals surface area contributed by atoms with Crippen LogP contribution in [0.15, 0.2) is 43.0 Å². The minimum absolute atomic E-state index is 0.0115. The summed E-state index contributed by atoms with van der Waals surface area (Å²) in [7, 11) is 0. The van der Waals surface area contributed by atoms with Crippen molar-refractivity contribution in [1.82, 2.24) is 19.5 Å². The molecule has 0 aliphatic carbocycles. The van der Waals surface area contributed by atoms with Crippen molar-refractivity contribution in [1.29, 1.82) is 0 Å². The van der Waals surface area contributed by atoms with Crippen LogP contribution < -0.4 is 0 Å². The fourth-order valence-electron chi connectivity index (χ4n) is 4.59. The number of nitrogens with zero attached hydrogens (tertiary/aromatic N) is 4. The Morgan fingerprint density at radius 3 is 2.76 bits per heavy atom. The zero-order chi connectivity index (χ0) is 24.2. The first-order chi connectivity index (χ1) is 16.4. The molecule has 7 heteroatoms. The van der Waals surface area contributed by atoms with E-state index in [4.69, 9.17) is 0 Å². The quantitative estimate of drug-likeness (QED) is 0.453. The van der Waals surface area contributed by atoms with Crippen LogP contribution in [0.1, 0.15) is 67.7 Å². The molecule has 3 heterocycles.